The quantitative estimate of drug-likeness (QED) is 0.318. The van der Waals surface area contributed by atoms with Crippen LogP contribution in [-0.4, -0.2) is 37.7 Å². The van der Waals surface area contributed by atoms with Gasteiger partial charge >= 0.3 is 5.97 Å². The molecular weight excluding hydrogens is 162 g/mol. The van der Waals surface area contributed by atoms with Crippen LogP contribution in [0.3, 0.4) is 0 Å². The average Bonchev–Trinajstić information content (AvgIpc) is 2.05. The van der Waals surface area contributed by atoms with E-state index in [-0.39, 0.29) is 19.2 Å². The summed E-state index contributed by atoms with van der Waals surface area (Å²) in [7, 11) is 0. The van der Waals surface area contributed by atoms with Crippen molar-refractivity contribution in [3.8, 4) is 0 Å². The van der Waals surface area contributed by atoms with Crippen LogP contribution in [0.5, 0.6) is 0 Å². The minimum absolute atomic E-state index is 0.162. The highest BCUT2D eigenvalue weighted by Crippen LogP contribution is 1.91. The fraction of sp³-hybridized carbons (Fsp3) is 0.667. The van der Waals surface area contributed by atoms with Gasteiger partial charge in [0.15, 0.2) is 0 Å². The lowest BCUT2D eigenvalue weighted by molar-refractivity contribution is -0.148. The van der Waals surface area contributed by atoms with Crippen LogP contribution >= 0.6 is 0 Å². The number of amides is 1. The molecule has 1 atom stereocenters. The molecule has 0 unspecified atom stereocenters. The number of nitrogens with two attached hydrogens (primary N) is 1. The fourth-order valence-electron chi connectivity index (χ4n) is 0.951. The third kappa shape index (κ3) is 2.18. The Morgan fingerprint density at radius 3 is 3.08 bits per heavy atom. The zero-order valence-electron chi connectivity index (χ0n) is 6.50. The third-order valence-corrected chi connectivity index (χ3v) is 1.48. The zero-order valence-corrected chi connectivity index (χ0v) is 6.50. The number of carbonyl (C=O) groups is 2. The number of esters is 1. The van der Waals surface area contributed by atoms with Gasteiger partial charge in [0, 0.05) is 6.54 Å². The molecule has 1 rings (SSSR count). The Morgan fingerprint density at radius 1 is 1.75 bits per heavy atom. The first-order chi connectivity index (χ1) is 5.74. The third-order valence-electron chi connectivity index (χ3n) is 1.48. The molecule has 0 spiro atoms. The maximum Gasteiger partial charge on any atom is 0.331 e. The molecule has 1 amide bonds. The predicted molar refractivity (Wildman–Crippen MR) is 39.9 cm³/mol. The maximum absolute atomic E-state index is 11.0. The van der Waals surface area contributed by atoms with Gasteiger partial charge in [-0.1, -0.05) is 0 Å². The summed E-state index contributed by atoms with van der Waals surface area (Å²) in [6.07, 6.45) is 0. The van der Waals surface area contributed by atoms with E-state index in [0.717, 1.165) is 0 Å². The molecule has 68 valence electrons. The van der Waals surface area contributed by atoms with E-state index in [0.29, 0.717) is 6.54 Å². The van der Waals surface area contributed by atoms with Gasteiger partial charge in [0.1, 0.15) is 12.8 Å². The van der Waals surface area contributed by atoms with Crippen LogP contribution in [0.15, 0.2) is 0 Å². The average molecular weight is 173 g/mol. The lowest BCUT2D eigenvalue weighted by atomic mass is 10.2. The Labute approximate surface area is 69.4 Å². The highest BCUT2D eigenvalue weighted by molar-refractivity contribution is 5.86. The molecule has 1 aliphatic rings. The summed E-state index contributed by atoms with van der Waals surface area (Å²) in [5.41, 5.74) is 4.99. The molecule has 0 aromatic carbocycles. The second-order valence-electron chi connectivity index (χ2n) is 2.38. The molecule has 1 fully saturated rings. The van der Waals surface area contributed by atoms with Crippen molar-refractivity contribution in [3.05, 3.63) is 0 Å². The van der Waals surface area contributed by atoms with Crippen molar-refractivity contribution in [2.75, 3.05) is 19.8 Å². The van der Waals surface area contributed by atoms with E-state index in [9.17, 15) is 9.59 Å². The standard InChI is InChI=1S/C6H11N3O3/c7-3-12-6(11)4-1-8-2-5(10)9-4/h4,8H,1-3,7H2,(H,9,10)/t4-/m0/s1. The second-order valence-corrected chi connectivity index (χ2v) is 2.38. The first-order valence-corrected chi connectivity index (χ1v) is 3.61. The second kappa shape index (κ2) is 4.03. The fourth-order valence-corrected chi connectivity index (χ4v) is 0.951. The van der Waals surface area contributed by atoms with Gasteiger partial charge in [-0.2, -0.15) is 0 Å². The number of hydrogen-bond donors (Lipinski definition) is 3. The Bertz CT molecular complexity index is 194. The van der Waals surface area contributed by atoms with E-state index in [1.165, 1.54) is 0 Å². The van der Waals surface area contributed by atoms with Crippen molar-refractivity contribution in [1.29, 1.82) is 0 Å². The number of carbonyl (C=O) groups excluding carboxylic acids is 2. The van der Waals surface area contributed by atoms with Crippen molar-refractivity contribution >= 4 is 11.9 Å². The van der Waals surface area contributed by atoms with Gasteiger partial charge in [0.05, 0.1) is 6.54 Å². The molecule has 6 nitrogen and oxygen atoms in total. The van der Waals surface area contributed by atoms with Crippen molar-refractivity contribution in [2.45, 2.75) is 6.04 Å². The van der Waals surface area contributed by atoms with E-state index in [1.807, 2.05) is 0 Å². The highest BCUT2D eigenvalue weighted by Gasteiger charge is 2.25. The van der Waals surface area contributed by atoms with Crippen molar-refractivity contribution < 1.29 is 14.3 Å². The number of rotatable bonds is 2. The van der Waals surface area contributed by atoms with Gasteiger partial charge in [0.25, 0.3) is 0 Å². The summed E-state index contributed by atoms with van der Waals surface area (Å²) in [6.45, 7) is 0.474. The Balaban J connectivity index is 2.40. The van der Waals surface area contributed by atoms with Crippen molar-refractivity contribution in [2.24, 2.45) is 5.73 Å². The van der Waals surface area contributed by atoms with Crippen molar-refractivity contribution in [3.63, 3.8) is 0 Å². The molecule has 6 heteroatoms. The smallest absolute Gasteiger partial charge is 0.331 e. The summed E-state index contributed by atoms with van der Waals surface area (Å²) in [6, 6.07) is -0.602. The van der Waals surface area contributed by atoms with Crippen LogP contribution < -0.4 is 16.4 Å². The van der Waals surface area contributed by atoms with Crippen LogP contribution in [0.4, 0.5) is 0 Å². The molecule has 1 heterocycles. The number of ether oxygens (including phenoxy) is 1. The SMILES string of the molecule is NCOC(=O)[C@@H]1CNCC(=O)N1. The highest BCUT2D eigenvalue weighted by atomic mass is 16.5. The lowest BCUT2D eigenvalue weighted by Crippen LogP contribution is -2.56. The molecule has 0 bridgehead atoms. The van der Waals surface area contributed by atoms with Crippen LogP contribution in [0.1, 0.15) is 0 Å². The summed E-state index contributed by atoms with van der Waals surface area (Å²) in [5.74, 6) is -0.710. The molecule has 4 N–H and O–H groups in total. The minimum atomic E-state index is -0.602. The molecule has 12 heavy (non-hydrogen) atoms. The Kier molecular flexibility index (Phi) is 3.01. The number of piperazine rings is 1. The van der Waals surface area contributed by atoms with E-state index >= 15 is 0 Å². The molecule has 1 saturated heterocycles. The van der Waals surface area contributed by atoms with Gasteiger partial charge in [-0.25, -0.2) is 4.79 Å². The van der Waals surface area contributed by atoms with Crippen molar-refractivity contribution in [1.82, 2.24) is 10.6 Å². The van der Waals surface area contributed by atoms with E-state index in [2.05, 4.69) is 15.4 Å². The number of nitrogens with one attached hydrogen (secondary N) is 2. The van der Waals surface area contributed by atoms with Gasteiger partial charge in [-0.05, 0) is 0 Å². The topological polar surface area (TPSA) is 93.4 Å². The lowest BCUT2D eigenvalue weighted by Gasteiger charge is -2.21. The van der Waals surface area contributed by atoms with Crippen LogP contribution in [0, 0.1) is 0 Å². The Hall–Kier alpha value is -1.14. The van der Waals surface area contributed by atoms with Gasteiger partial charge < -0.3 is 15.4 Å². The summed E-state index contributed by atoms with van der Waals surface area (Å²) >= 11 is 0. The van der Waals surface area contributed by atoms with Gasteiger partial charge in [-0.15, -0.1) is 0 Å². The van der Waals surface area contributed by atoms with Gasteiger partial charge in [-0.3, -0.25) is 10.5 Å². The van der Waals surface area contributed by atoms with Crippen LogP contribution in [0.25, 0.3) is 0 Å². The summed E-state index contributed by atoms with van der Waals surface area (Å²) in [4.78, 5) is 21.8. The molecular formula is C6H11N3O3. The molecule has 0 radical (unpaired) electrons. The van der Waals surface area contributed by atoms with E-state index in [4.69, 9.17) is 5.73 Å². The van der Waals surface area contributed by atoms with E-state index in [1.54, 1.807) is 0 Å². The zero-order chi connectivity index (χ0) is 8.97. The van der Waals surface area contributed by atoms with Crippen LogP contribution in [-0.2, 0) is 14.3 Å². The maximum atomic E-state index is 11.0. The van der Waals surface area contributed by atoms with Crippen LogP contribution in [0.2, 0.25) is 0 Å². The monoisotopic (exact) mass is 173 g/mol. The summed E-state index contributed by atoms with van der Waals surface area (Å²) < 4.78 is 4.51. The molecule has 0 aromatic rings. The normalized spacial score (nSPS) is 23.1. The Morgan fingerprint density at radius 2 is 2.50 bits per heavy atom. The molecule has 1 aliphatic heterocycles. The minimum Gasteiger partial charge on any atom is -0.448 e. The largest absolute Gasteiger partial charge is 0.448 e. The van der Waals surface area contributed by atoms with Gasteiger partial charge in [0.2, 0.25) is 5.91 Å². The molecule has 0 aromatic heterocycles. The van der Waals surface area contributed by atoms with E-state index < -0.39 is 12.0 Å². The summed E-state index contributed by atoms with van der Waals surface area (Å²) in [5, 5.41) is 5.24. The molecule has 0 saturated carbocycles. The molecule has 0 aliphatic carbocycles. The first kappa shape index (κ1) is 8.95. The number of hydrogen-bond acceptors (Lipinski definition) is 5. The predicted octanol–water partition coefficient (Wildman–Crippen LogP) is -2.47. The first-order valence-electron chi connectivity index (χ1n) is 3.61.